The van der Waals surface area contributed by atoms with Crippen LogP contribution in [0.1, 0.15) is 50.4 Å². The van der Waals surface area contributed by atoms with E-state index in [-0.39, 0.29) is 18.2 Å². The van der Waals surface area contributed by atoms with Crippen molar-refractivity contribution in [1.29, 1.82) is 0 Å². The molecule has 1 aliphatic carbocycles. The SMILES string of the molecule is Cc1cn2c(Nc3cc(C4CCC(OC(=O)NC(C)C)C4)[nH]n3)nccc2n1. The maximum atomic E-state index is 11.8. The van der Waals surface area contributed by atoms with E-state index in [9.17, 15) is 4.79 Å². The largest absolute Gasteiger partial charge is 0.446 e. The fourth-order valence-corrected chi connectivity index (χ4v) is 3.61. The minimum atomic E-state index is -0.345. The average Bonchev–Trinajstić information content (AvgIpc) is 3.33. The van der Waals surface area contributed by atoms with Gasteiger partial charge in [-0.1, -0.05) is 0 Å². The van der Waals surface area contributed by atoms with E-state index in [0.29, 0.717) is 17.7 Å². The molecule has 3 aromatic rings. The monoisotopic (exact) mass is 383 g/mol. The first-order valence-corrected chi connectivity index (χ1v) is 9.58. The summed E-state index contributed by atoms with van der Waals surface area (Å²) >= 11 is 0. The summed E-state index contributed by atoms with van der Waals surface area (Å²) in [6.07, 6.45) is 5.85. The Morgan fingerprint density at radius 3 is 3.07 bits per heavy atom. The molecule has 148 valence electrons. The molecular weight excluding hydrogens is 358 g/mol. The zero-order valence-electron chi connectivity index (χ0n) is 16.3. The first-order valence-electron chi connectivity index (χ1n) is 9.58. The Kier molecular flexibility index (Phi) is 4.89. The predicted molar refractivity (Wildman–Crippen MR) is 105 cm³/mol. The van der Waals surface area contributed by atoms with Gasteiger partial charge in [0.15, 0.2) is 5.82 Å². The normalized spacial score (nSPS) is 19.3. The molecule has 1 fully saturated rings. The zero-order chi connectivity index (χ0) is 19.7. The van der Waals surface area contributed by atoms with Crippen LogP contribution in [0.25, 0.3) is 5.65 Å². The van der Waals surface area contributed by atoms with Gasteiger partial charge in [0, 0.05) is 36.1 Å². The third kappa shape index (κ3) is 3.92. The third-order valence-electron chi connectivity index (χ3n) is 4.84. The molecule has 1 saturated carbocycles. The topological polar surface area (TPSA) is 109 Å². The molecule has 28 heavy (non-hydrogen) atoms. The fourth-order valence-electron chi connectivity index (χ4n) is 3.61. The van der Waals surface area contributed by atoms with Crippen molar-refractivity contribution >= 4 is 23.5 Å². The van der Waals surface area contributed by atoms with E-state index in [1.165, 1.54) is 0 Å². The zero-order valence-corrected chi connectivity index (χ0v) is 16.3. The van der Waals surface area contributed by atoms with Gasteiger partial charge in [0.2, 0.25) is 5.95 Å². The number of nitrogens with zero attached hydrogens (tertiary/aromatic N) is 4. The Morgan fingerprint density at radius 1 is 1.39 bits per heavy atom. The van der Waals surface area contributed by atoms with Crippen molar-refractivity contribution < 1.29 is 9.53 Å². The number of hydrogen-bond donors (Lipinski definition) is 3. The lowest BCUT2D eigenvalue weighted by atomic mass is 10.0. The van der Waals surface area contributed by atoms with Gasteiger partial charge in [-0.2, -0.15) is 5.10 Å². The lowest BCUT2D eigenvalue weighted by Crippen LogP contribution is -2.33. The first kappa shape index (κ1) is 18.3. The Balaban J connectivity index is 1.40. The molecule has 4 rings (SSSR count). The number of amides is 1. The van der Waals surface area contributed by atoms with Gasteiger partial charge >= 0.3 is 6.09 Å². The highest BCUT2D eigenvalue weighted by Crippen LogP contribution is 2.36. The standard InChI is InChI=1S/C19H25N7O2/c1-11(2)21-19(27)28-14-5-4-13(8-14)15-9-16(25-24-15)23-18-20-7-6-17-22-12(3)10-26(17)18/h6-7,9-11,13-14H,4-5,8H2,1-3H3,(H,21,27)(H2,20,23,24,25). The summed E-state index contributed by atoms with van der Waals surface area (Å²) in [4.78, 5) is 20.6. The highest BCUT2D eigenvalue weighted by Gasteiger charge is 2.30. The van der Waals surface area contributed by atoms with Crippen LogP contribution in [-0.4, -0.2) is 42.8 Å². The minimum absolute atomic E-state index is 0.0622. The van der Waals surface area contributed by atoms with Gasteiger partial charge in [0.1, 0.15) is 11.8 Å². The van der Waals surface area contributed by atoms with Crippen molar-refractivity contribution in [2.75, 3.05) is 5.32 Å². The second-order valence-corrected chi connectivity index (χ2v) is 7.55. The lowest BCUT2D eigenvalue weighted by Gasteiger charge is -2.14. The number of hydrogen-bond acceptors (Lipinski definition) is 6. The molecule has 2 atom stereocenters. The summed E-state index contributed by atoms with van der Waals surface area (Å²) in [7, 11) is 0. The number of anilines is 2. The molecule has 0 radical (unpaired) electrons. The number of aromatic amines is 1. The fraction of sp³-hybridized carbons (Fsp3) is 0.474. The van der Waals surface area contributed by atoms with Crippen molar-refractivity contribution in [2.24, 2.45) is 0 Å². The van der Waals surface area contributed by atoms with Crippen molar-refractivity contribution in [3.8, 4) is 0 Å². The number of carbonyl (C=O) groups excluding carboxylic acids is 1. The van der Waals surface area contributed by atoms with E-state index < -0.39 is 0 Å². The van der Waals surface area contributed by atoms with Gasteiger partial charge in [-0.3, -0.25) is 9.50 Å². The average molecular weight is 383 g/mol. The van der Waals surface area contributed by atoms with Crippen molar-refractivity contribution in [1.82, 2.24) is 29.9 Å². The van der Waals surface area contributed by atoms with E-state index in [1.54, 1.807) is 6.20 Å². The van der Waals surface area contributed by atoms with E-state index in [1.807, 2.05) is 43.5 Å². The molecular formula is C19H25N7O2. The summed E-state index contributed by atoms with van der Waals surface area (Å²) in [5, 5.41) is 13.5. The van der Waals surface area contributed by atoms with Gasteiger partial charge in [-0.25, -0.2) is 14.8 Å². The van der Waals surface area contributed by atoms with Crippen LogP contribution in [-0.2, 0) is 4.74 Å². The Labute approximate surface area is 162 Å². The number of fused-ring (bicyclic) bond motifs is 1. The number of aromatic nitrogens is 5. The van der Waals surface area contributed by atoms with Crippen LogP contribution in [0, 0.1) is 6.92 Å². The summed E-state index contributed by atoms with van der Waals surface area (Å²) in [5.74, 6) is 1.65. The number of rotatable bonds is 5. The van der Waals surface area contributed by atoms with Crippen LogP contribution in [0.3, 0.4) is 0 Å². The van der Waals surface area contributed by atoms with Crippen LogP contribution >= 0.6 is 0 Å². The molecule has 2 unspecified atom stereocenters. The number of imidazole rings is 1. The maximum absolute atomic E-state index is 11.8. The second kappa shape index (κ2) is 7.49. The van der Waals surface area contributed by atoms with Gasteiger partial charge in [0.25, 0.3) is 0 Å². The van der Waals surface area contributed by atoms with E-state index >= 15 is 0 Å². The van der Waals surface area contributed by atoms with Crippen LogP contribution in [0.15, 0.2) is 24.5 Å². The number of H-pyrrole nitrogens is 1. The van der Waals surface area contributed by atoms with E-state index in [2.05, 4.69) is 30.8 Å². The minimum Gasteiger partial charge on any atom is -0.446 e. The summed E-state index contributed by atoms with van der Waals surface area (Å²) in [6.45, 7) is 5.78. The molecule has 9 nitrogen and oxygen atoms in total. The highest BCUT2D eigenvalue weighted by molar-refractivity contribution is 5.67. The van der Waals surface area contributed by atoms with Crippen LogP contribution in [0.5, 0.6) is 0 Å². The van der Waals surface area contributed by atoms with Gasteiger partial charge in [-0.05, 0) is 46.1 Å². The molecule has 0 saturated heterocycles. The van der Waals surface area contributed by atoms with Gasteiger partial charge < -0.3 is 15.4 Å². The third-order valence-corrected chi connectivity index (χ3v) is 4.84. The van der Waals surface area contributed by atoms with Crippen molar-refractivity contribution in [3.63, 3.8) is 0 Å². The molecule has 3 heterocycles. The molecule has 0 aromatic carbocycles. The summed E-state index contributed by atoms with van der Waals surface area (Å²) in [6, 6.07) is 3.93. The number of alkyl carbamates (subject to hydrolysis) is 1. The number of nitrogens with one attached hydrogen (secondary N) is 3. The van der Waals surface area contributed by atoms with E-state index in [0.717, 1.165) is 36.3 Å². The van der Waals surface area contributed by atoms with Gasteiger partial charge in [-0.15, -0.1) is 0 Å². The van der Waals surface area contributed by atoms with Crippen LogP contribution in [0.2, 0.25) is 0 Å². The number of carbonyl (C=O) groups is 1. The Morgan fingerprint density at radius 2 is 2.25 bits per heavy atom. The van der Waals surface area contributed by atoms with Crippen LogP contribution < -0.4 is 10.6 Å². The molecule has 3 N–H and O–H groups in total. The molecule has 9 heteroatoms. The second-order valence-electron chi connectivity index (χ2n) is 7.55. The first-order chi connectivity index (χ1) is 13.5. The molecule has 1 aliphatic rings. The van der Waals surface area contributed by atoms with E-state index in [4.69, 9.17) is 4.74 Å². The highest BCUT2D eigenvalue weighted by atomic mass is 16.6. The van der Waals surface area contributed by atoms with Crippen molar-refractivity contribution in [2.45, 2.75) is 58.1 Å². The Hall–Kier alpha value is -3.10. The van der Waals surface area contributed by atoms with Crippen LogP contribution in [0.4, 0.5) is 16.6 Å². The summed E-state index contributed by atoms with van der Waals surface area (Å²) in [5.41, 5.74) is 2.80. The Bertz CT molecular complexity index is 978. The molecule has 1 amide bonds. The number of aryl methyl sites for hydroxylation is 1. The molecule has 0 aliphatic heterocycles. The smallest absolute Gasteiger partial charge is 0.407 e. The predicted octanol–water partition coefficient (Wildman–Crippen LogP) is 3.28. The molecule has 3 aromatic heterocycles. The quantitative estimate of drug-likeness (QED) is 0.624. The summed E-state index contributed by atoms with van der Waals surface area (Å²) < 4.78 is 7.41. The van der Waals surface area contributed by atoms with Gasteiger partial charge in [0.05, 0.1) is 5.69 Å². The lowest BCUT2D eigenvalue weighted by molar-refractivity contribution is 0.0981. The molecule has 0 bridgehead atoms. The maximum Gasteiger partial charge on any atom is 0.407 e. The number of ether oxygens (including phenoxy) is 1. The van der Waals surface area contributed by atoms with Crippen molar-refractivity contribution in [3.05, 3.63) is 35.9 Å². The molecule has 0 spiro atoms.